The van der Waals surface area contributed by atoms with Crippen molar-refractivity contribution in [3.63, 3.8) is 0 Å². The number of hydrogen-bond donors (Lipinski definition) is 1. The molecule has 0 spiro atoms. The number of aliphatic carboxylic acids is 1. The molecule has 1 N–H and O–H groups in total. The quantitative estimate of drug-likeness (QED) is 0.858. The van der Waals surface area contributed by atoms with Gasteiger partial charge >= 0.3 is 5.97 Å². The summed E-state index contributed by atoms with van der Waals surface area (Å²) in [4.78, 5) is 15.7. The molecule has 1 aliphatic rings. The van der Waals surface area contributed by atoms with Crippen LogP contribution in [-0.2, 0) is 11.8 Å². The molecule has 1 aromatic rings. The van der Waals surface area contributed by atoms with E-state index < -0.39 is 5.97 Å². The van der Waals surface area contributed by atoms with Crippen LogP contribution in [0.4, 0.5) is 0 Å². The summed E-state index contributed by atoms with van der Waals surface area (Å²) in [6.07, 6.45) is 6.26. The van der Waals surface area contributed by atoms with Crippen molar-refractivity contribution in [2.24, 2.45) is 18.4 Å². The van der Waals surface area contributed by atoms with Gasteiger partial charge in [-0.1, -0.05) is 13.8 Å². The Hall–Kier alpha value is -1.32. The van der Waals surface area contributed by atoms with Gasteiger partial charge in [-0.25, -0.2) is 4.98 Å². The van der Waals surface area contributed by atoms with Crippen molar-refractivity contribution in [2.75, 3.05) is 0 Å². The molecule has 1 aliphatic carbocycles. The Morgan fingerprint density at radius 2 is 2.29 bits per heavy atom. The van der Waals surface area contributed by atoms with Gasteiger partial charge in [-0.05, 0) is 24.7 Å². The molecule has 2 rings (SSSR count). The van der Waals surface area contributed by atoms with Crippen LogP contribution < -0.4 is 0 Å². The van der Waals surface area contributed by atoms with Crippen molar-refractivity contribution in [1.82, 2.24) is 9.55 Å². The second-order valence-corrected chi connectivity index (χ2v) is 5.85. The molecule has 0 aliphatic heterocycles. The highest BCUT2D eigenvalue weighted by atomic mass is 16.4. The summed E-state index contributed by atoms with van der Waals surface area (Å²) in [7, 11) is 1.93. The van der Waals surface area contributed by atoms with Crippen LogP contribution in [0.25, 0.3) is 0 Å². The largest absolute Gasteiger partial charge is 0.481 e. The topological polar surface area (TPSA) is 55.1 Å². The highest BCUT2D eigenvalue weighted by Crippen LogP contribution is 2.46. The Morgan fingerprint density at radius 1 is 1.59 bits per heavy atom. The number of carboxylic acid groups (broad SMARTS) is 1. The monoisotopic (exact) mass is 236 g/mol. The Kier molecular flexibility index (Phi) is 2.98. The number of aryl methyl sites for hydroxylation is 1. The first-order valence-electron chi connectivity index (χ1n) is 6.11. The summed E-state index contributed by atoms with van der Waals surface area (Å²) in [5.74, 6) is -0.0287. The van der Waals surface area contributed by atoms with E-state index in [0.29, 0.717) is 0 Å². The average molecular weight is 236 g/mol. The van der Waals surface area contributed by atoms with Gasteiger partial charge in [-0.3, -0.25) is 4.79 Å². The van der Waals surface area contributed by atoms with Gasteiger partial charge in [-0.15, -0.1) is 0 Å². The smallest absolute Gasteiger partial charge is 0.307 e. The molecule has 0 bridgehead atoms. The first kappa shape index (κ1) is 12.1. The summed E-state index contributed by atoms with van der Waals surface area (Å²) in [5.41, 5.74) is 0.211. The van der Waals surface area contributed by atoms with Crippen LogP contribution in [0.1, 0.15) is 44.9 Å². The van der Waals surface area contributed by atoms with Crippen LogP contribution in [0.15, 0.2) is 12.4 Å². The maximum absolute atomic E-state index is 11.3. The number of nitrogens with zero attached hydrogens (tertiary/aromatic N) is 2. The maximum Gasteiger partial charge on any atom is 0.307 e. The van der Waals surface area contributed by atoms with Crippen molar-refractivity contribution < 1.29 is 9.90 Å². The Labute approximate surface area is 102 Å². The van der Waals surface area contributed by atoms with Crippen LogP contribution in [0.3, 0.4) is 0 Å². The van der Waals surface area contributed by atoms with E-state index in [1.165, 1.54) is 0 Å². The molecule has 1 saturated carbocycles. The van der Waals surface area contributed by atoms with Gasteiger partial charge in [0.15, 0.2) is 0 Å². The molecule has 0 radical (unpaired) electrons. The highest BCUT2D eigenvalue weighted by molar-refractivity contribution is 5.71. The molecule has 4 nitrogen and oxygen atoms in total. The molecule has 17 heavy (non-hydrogen) atoms. The minimum atomic E-state index is -0.687. The van der Waals surface area contributed by atoms with E-state index in [-0.39, 0.29) is 17.3 Å². The van der Waals surface area contributed by atoms with Crippen molar-refractivity contribution in [3.8, 4) is 0 Å². The minimum Gasteiger partial charge on any atom is -0.481 e. The second kappa shape index (κ2) is 4.17. The van der Waals surface area contributed by atoms with Crippen molar-refractivity contribution in [2.45, 2.75) is 39.0 Å². The number of rotatable bonds is 2. The zero-order valence-electron chi connectivity index (χ0n) is 10.7. The van der Waals surface area contributed by atoms with E-state index in [1.807, 2.05) is 17.8 Å². The third-order valence-electron chi connectivity index (χ3n) is 3.90. The Bertz CT molecular complexity index is 423. The predicted molar refractivity (Wildman–Crippen MR) is 64.7 cm³/mol. The molecular formula is C13H20N2O2. The van der Waals surface area contributed by atoms with Crippen LogP contribution in [0.5, 0.6) is 0 Å². The predicted octanol–water partition coefficient (Wildman–Crippen LogP) is 2.41. The first-order valence-corrected chi connectivity index (χ1v) is 6.11. The Morgan fingerprint density at radius 3 is 2.82 bits per heavy atom. The summed E-state index contributed by atoms with van der Waals surface area (Å²) < 4.78 is 1.95. The molecule has 4 heteroatoms. The molecule has 1 heterocycles. The number of imidazole rings is 1. The van der Waals surface area contributed by atoms with Crippen LogP contribution >= 0.6 is 0 Å². The van der Waals surface area contributed by atoms with E-state index >= 15 is 0 Å². The van der Waals surface area contributed by atoms with Gasteiger partial charge in [0.05, 0.1) is 5.92 Å². The maximum atomic E-state index is 11.3. The van der Waals surface area contributed by atoms with Gasteiger partial charge in [0.2, 0.25) is 0 Å². The standard InChI is InChI=1S/C13H20N2O2/c1-13(2)5-4-9(12(16)17)10(8-13)11-14-6-7-15(11)3/h6-7,9-10H,4-5,8H2,1-3H3,(H,16,17). The van der Waals surface area contributed by atoms with E-state index in [0.717, 1.165) is 25.1 Å². The number of aromatic nitrogens is 2. The van der Waals surface area contributed by atoms with Crippen LogP contribution in [0.2, 0.25) is 0 Å². The summed E-state index contributed by atoms with van der Waals surface area (Å²) >= 11 is 0. The van der Waals surface area contributed by atoms with Crippen molar-refractivity contribution in [1.29, 1.82) is 0 Å². The SMILES string of the molecule is Cn1ccnc1C1CC(C)(C)CCC1C(=O)O. The summed E-state index contributed by atoms with van der Waals surface area (Å²) in [6.45, 7) is 4.42. The van der Waals surface area contributed by atoms with Crippen LogP contribution in [-0.4, -0.2) is 20.6 Å². The lowest BCUT2D eigenvalue weighted by molar-refractivity contribution is -0.144. The lowest BCUT2D eigenvalue weighted by Gasteiger charge is -2.38. The molecule has 1 fully saturated rings. The Balaban J connectivity index is 2.32. The molecule has 0 aromatic carbocycles. The third kappa shape index (κ3) is 2.35. The molecule has 2 unspecified atom stereocenters. The minimum absolute atomic E-state index is 0.0382. The number of carbonyl (C=O) groups is 1. The van der Waals surface area contributed by atoms with Gasteiger partial charge in [0.25, 0.3) is 0 Å². The van der Waals surface area contributed by atoms with E-state index in [1.54, 1.807) is 6.20 Å². The van der Waals surface area contributed by atoms with Crippen LogP contribution in [0, 0.1) is 11.3 Å². The molecule has 0 saturated heterocycles. The van der Waals surface area contributed by atoms with Crippen molar-refractivity contribution in [3.05, 3.63) is 18.2 Å². The van der Waals surface area contributed by atoms with E-state index in [9.17, 15) is 9.90 Å². The fraction of sp³-hybridized carbons (Fsp3) is 0.692. The lowest BCUT2D eigenvalue weighted by Crippen LogP contribution is -2.34. The van der Waals surface area contributed by atoms with Gasteiger partial charge in [0, 0.05) is 25.4 Å². The molecule has 2 atom stereocenters. The fourth-order valence-electron chi connectivity index (χ4n) is 2.89. The number of carboxylic acids is 1. The third-order valence-corrected chi connectivity index (χ3v) is 3.90. The lowest BCUT2D eigenvalue weighted by atomic mass is 9.67. The molecular weight excluding hydrogens is 216 g/mol. The molecule has 0 amide bonds. The van der Waals surface area contributed by atoms with Crippen molar-refractivity contribution >= 4 is 5.97 Å². The fourth-order valence-corrected chi connectivity index (χ4v) is 2.89. The number of hydrogen-bond acceptors (Lipinski definition) is 2. The average Bonchev–Trinajstić information content (AvgIpc) is 2.62. The zero-order valence-corrected chi connectivity index (χ0v) is 10.7. The molecule has 1 aromatic heterocycles. The van der Waals surface area contributed by atoms with Gasteiger partial charge in [0.1, 0.15) is 5.82 Å². The zero-order chi connectivity index (χ0) is 12.6. The van der Waals surface area contributed by atoms with Gasteiger partial charge < -0.3 is 9.67 Å². The first-order chi connectivity index (χ1) is 7.91. The van der Waals surface area contributed by atoms with E-state index in [2.05, 4.69) is 18.8 Å². The second-order valence-electron chi connectivity index (χ2n) is 5.85. The highest BCUT2D eigenvalue weighted by Gasteiger charge is 2.40. The summed E-state index contributed by atoms with van der Waals surface area (Å²) in [6, 6.07) is 0. The summed E-state index contributed by atoms with van der Waals surface area (Å²) in [5, 5.41) is 9.33. The molecule has 94 valence electrons. The normalized spacial score (nSPS) is 27.9. The van der Waals surface area contributed by atoms with E-state index in [4.69, 9.17) is 0 Å². The van der Waals surface area contributed by atoms with Gasteiger partial charge in [-0.2, -0.15) is 0 Å².